The number of carbonyl (C=O) groups excluding carboxylic acids is 2. The van der Waals surface area contributed by atoms with Gasteiger partial charge in [0.15, 0.2) is 11.8 Å². The summed E-state index contributed by atoms with van der Waals surface area (Å²) in [5, 5.41) is 9.62. The van der Waals surface area contributed by atoms with Crippen LogP contribution in [0.5, 0.6) is 5.75 Å². The van der Waals surface area contributed by atoms with Crippen molar-refractivity contribution in [1.29, 1.82) is 0 Å². The molecular weight excluding hydrogens is 460 g/mol. The number of anilines is 1. The molecule has 0 bridgehead atoms. The first kappa shape index (κ1) is 25.7. The van der Waals surface area contributed by atoms with Gasteiger partial charge in [0.2, 0.25) is 0 Å². The van der Waals surface area contributed by atoms with E-state index in [9.17, 15) is 14.4 Å². The van der Waals surface area contributed by atoms with E-state index in [0.29, 0.717) is 34.1 Å². The van der Waals surface area contributed by atoms with E-state index in [1.165, 1.54) is 7.11 Å². The van der Waals surface area contributed by atoms with Crippen LogP contribution in [0.1, 0.15) is 44.4 Å². The van der Waals surface area contributed by atoms with Crippen LogP contribution in [0.15, 0.2) is 42.5 Å². The Morgan fingerprint density at radius 3 is 2.50 bits per heavy atom. The molecule has 1 amide bonds. The average Bonchev–Trinajstić information content (AvgIpc) is 2.87. The lowest BCUT2D eigenvalue weighted by molar-refractivity contribution is -0.145. The summed E-state index contributed by atoms with van der Waals surface area (Å²) in [6.07, 6.45) is -2.56. The molecule has 9 heteroatoms. The second kappa shape index (κ2) is 10.1. The Labute approximate surface area is 203 Å². The third-order valence-electron chi connectivity index (χ3n) is 5.46. The summed E-state index contributed by atoms with van der Waals surface area (Å²) in [4.78, 5) is 39.2. The highest BCUT2D eigenvalue weighted by Gasteiger charge is 2.40. The van der Waals surface area contributed by atoms with Gasteiger partial charge >= 0.3 is 5.97 Å². The molecule has 0 saturated heterocycles. The second-order valence-electron chi connectivity index (χ2n) is 9.42. The van der Waals surface area contributed by atoms with E-state index in [0.717, 1.165) is 0 Å². The first-order chi connectivity index (χ1) is 15.9. The molecule has 1 aliphatic heterocycles. The Kier molecular flexibility index (Phi) is 7.65. The largest absolute Gasteiger partial charge is 0.496 e. The zero-order valence-corrected chi connectivity index (χ0v) is 20.3. The SMILES string of the molecule is COc1ccccc1C1OC(CC(=O)C(N)C(=O)O)C(=O)N(CC(C)(C)C)c2ccc(Cl)cc21. The fraction of sp³-hybridized carbons (Fsp3) is 0.400. The van der Waals surface area contributed by atoms with Crippen molar-refractivity contribution in [3.05, 3.63) is 58.6 Å². The lowest BCUT2D eigenvalue weighted by Crippen LogP contribution is -2.47. The molecule has 3 unspecified atom stereocenters. The van der Waals surface area contributed by atoms with E-state index < -0.39 is 42.3 Å². The Morgan fingerprint density at radius 1 is 1.21 bits per heavy atom. The summed E-state index contributed by atoms with van der Waals surface area (Å²) < 4.78 is 11.8. The molecular formula is C25H29ClN2O6. The first-order valence-corrected chi connectivity index (χ1v) is 11.2. The molecule has 0 spiro atoms. The quantitative estimate of drug-likeness (QED) is 0.571. The normalized spacial score (nSPS) is 19.2. The number of amides is 1. The van der Waals surface area contributed by atoms with Crippen LogP contribution in [-0.2, 0) is 19.1 Å². The summed E-state index contributed by atoms with van der Waals surface area (Å²) in [6, 6.07) is 10.6. The summed E-state index contributed by atoms with van der Waals surface area (Å²) in [5.41, 5.74) is 7.10. The lowest BCUT2D eigenvalue weighted by atomic mass is 9.94. The van der Waals surface area contributed by atoms with Gasteiger partial charge in [-0.2, -0.15) is 0 Å². The molecule has 0 radical (unpaired) electrons. The average molecular weight is 489 g/mol. The number of hydrogen-bond acceptors (Lipinski definition) is 6. The van der Waals surface area contributed by atoms with Crippen LogP contribution < -0.4 is 15.4 Å². The predicted molar refractivity (Wildman–Crippen MR) is 128 cm³/mol. The Bertz CT molecular complexity index is 1100. The summed E-state index contributed by atoms with van der Waals surface area (Å²) in [6.45, 7) is 6.29. The molecule has 3 rings (SSSR count). The van der Waals surface area contributed by atoms with Crippen molar-refractivity contribution in [2.24, 2.45) is 11.1 Å². The molecule has 182 valence electrons. The van der Waals surface area contributed by atoms with E-state index in [4.69, 9.17) is 31.9 Å². The standard InChI is InChI=1S/C25H29ClN2O6/c1-25(2,3)13-28-17-10-9-14(26)11-16(17)22(15-7-5-6-8-19(15)33-4)34-20(23(28)30)12-18(29)21(27)24(31)32/h5-11,20-22H,12-13,27H2,1-4H3,(H,31,32). The monoisotopic (exact) mass is 488 g/mol. The number of methoxy groups -OCH3 is 1. The number of fused-ring (bicyclic) bond motifs is 1. The Morgan fingerprint density at radius 2 is 1.88 bits per heavy atom. The van der Waals surface area contributed by atoms with Gasteiger partial charge < -0.3 is 25.2 Å². The van der Waals surface area contributed by atoms with E-state index >= 15 is 0 Å². The molecule has 1 aliphatic rings. The number of Topliss-reactive ketones (excluding diaryl/α,β-unsaturated/α-hetero) is 1. The first-order valence-electron chi connectivity index (χ1n) is 10.8. The van der Waals surface area contributed by atoms with Crippen LogP contribution in [-0.4, -0.2) is 48.6 Å². The van der Waals surface area contributed by atoms with Crippen LogP contribution in [0, 0.1) is 5.41 Å². The van der Waals surface area contributed by atoms with Gasteiger partial charge in [-0.1, -0.05) is 50.6 Å². The number of carbonyl (C=O) groups is 3. The number of aliphatic carboxylic acids is 1. The van der Waals surface area contributed by atoms with Crippen molar-refractivity contribution < 1.29 is 29.0 Å². The third-order valence-corrected chi connectivity index (χ3v) is 5.69. The number of halogens is 1. The molecule has 0 aliphatic carbocycles. The molecule has 3 N–H and O–H groups in total. The zero-order chi connectivity index (χ0) is 25.2. The lowest BCUT2D eigenvalue weighted by Gasteiger charge is -2.31. The topological polar surface area (TPSA) is 119 Å². The number of nitrogens with zero attached hydrogens (tertiary/aromatic N) is 1. The van der Waals surface area contributed by atoms with Gasteiger partial charge in [0.1, 0.15) is 18.0 Å². The van der Waals surface area contributed by atoms with Gasteiger partial charge in [0.05, 0.1) is 7.11 Å². The van der Waals surface area contributed by atoms with Gasteiger partial charge in [0.25, 0.3) is 5.91 Å². The number of rotatable bonds is 7. The molecule has 2 aromatic rings. The van der Waals surface area contributed by atoms with Crippen LogP contribution >= 0.6 is 11.6 Å². The molecule has 1 heterocycles. The number of ketones is 1. The predicted octanol–water partition coefficient (Wildman–Crippen LogP) is 3.59. The second-order valence-corrected chi connectivity index (χ2v) is 9.86. The maximum absolute atomic E-state index is 13.7. The minimum absolute atomic E-state index is 0.289. The highest BCUT2D eigenvalue weighted by Crippen LogP contribution is 2.43. The van der Waals surface area contributed by atoms with Crippen LogP contribution in [0.2, 0.25) is 5.02 Å². The molecule has 2 aromatic carbocycles. The number of carboxylic acids is 1. The van der Waals surface area contributed by atoms with Gasteiger partial charge in [-0.3, -0.25) is 14.4 Å². The number of para-hydroxylation sites is 1. The van der Waals surface area contributed by atoms with Crippen LogP contribution in [0.3, 0.4) is 0 Å². The zero-order valence-electron chi connectivity index (χ0n) is 19.6. The van der Waals surface area contributed by atoms with Crippen molar-refractivity contribution in [2.45, 2.75) is 45.4 Å². The van der Waals surface area contributed by atoms with Crippen LogP contribution in [0.25, 0.3) is 0 Å². The minimum atomic E-state index is -1.75. The smallest absolute Gasteiger partial charge is 0.328 e. The Balaban J connectivity index is 2.19. The van der Waals surface area contributed by atoms with Crippen molar-refractivity contribution in [3.8, 4) is 5.75 Å². The number of carboxylic acid groups (broad SMARTS) is 1. The Hall–Kier alpha value is -2.94. The van der Waals surface area contributed by atoms with E-state index in [1.807, 2.05) is 32.9 Å². The minimum Gasteiger partial charge on any atom is -0.496 e. The molecule has 0 fully saturated rings. The fourth-order valence-corrected chi connectivity index (χ4v) is 4.09. The van der Waals surface area contributed by atoms with E-state index in [-0.39, 0.29) is 5.41 Å². The summed E-state index contributed by atoms with van der Waals surface area (Å²) in [5.74, 6) is -2.19. The van der Waals surface area contributed by atoms with Crippen molar-refractivity contribution >= 4 is 34.9 Å². The molecule has 3 atom stereocenters. The van der Waals surface area contributed by atoms with E-state index in [2.05, 4.69) is 0 Å². The maximum Gasteiger partial charge on any atom is 0.328 e. The van der Waals surface area contributed by atoms with Crippen LogP contribution in [0.4, 0.5) is 5.69 Å². The maximum atomic E-state index is 13.7. The number of benzene rings is 2. The molecule has 8 nitrogen and oxygen atoms in total. The summed E-state index contributed by atoms with van der Waals surface area (Å²) in [7, 11) is 1.53. The van der Waals surface area contributed by atoms with Gasteiger partial charge in [-0.25, -0.2) is 0 Å². The third kappa shape index (κ3) is 5.58. The van der Waals surface area contributed by atoms with Gasteiger partial charge in [0, 0.05) is 34.8 Å². The van der Waals surface area contributed by atoms with Crippen molar-refractivity contribution in [2.75, 3.05) is 18.6 Å². The van der Waals surface area contributed by atoms with Crippen molar-refractivity contribution in [1.82, 2.24) is 0 Å². The molecule has 0 aromatic heterocycles. The molecule has 34 heavy (non-hydrogen) atoms. The van der Waals surface area contributed by atoms with Crippen molar-refractivity contribution in [3.63, 3.8) is 0 Å². The van der Waals surface area contributed by atoms with Gasteiger partial charge in [-0.15, -0.1) is 0 Å². The number of nitrogens with two attached hydrogens (primary N) is 1. The molecule has 0 saturated carbocycles. The van der Waals surface area contributed by atoms with E-state index in [1.54, 1.807) is 35.2 Å². The number of hydrogen-bond donors (Lipinski definition) is 2. The fourth-order valence-electron chi connectivity index (χ4n) is 3.91. The highest BCUT2D eigenvalue weighted by atomic mass is 35.5. The number of ether oxygens (including phenoxy) is 2. The van der Waals surface area contributed by atoms with Gasteiger partial charge in [-0.05, 0) is 29.7 Å². The summed E-state index contributed by atoms with van der Waals surface area (Å²) >= 11 is 6.34. The highest BCUT2D eigenvalue weighted by molar-refractivity contribution is 6.30.